The third-order valence-electron chi connectivity index (χ3n) is 3.27. The van der Waals surface area contributed by atoms with Gasteiger partial charge in [0.2, 0.25) is 0 Å². The van der Waals surface area contributed by atoms with E-state index in [1.54, 1.807) is 12.3 Å². The summed E-state index contributed by atoms with van der Waals surface area (Å²) in [5.74, 6) is 2.00. The van der Waals surface area contributed by atoms with E-state index in [0.29, 0.717) is 11.6 Å². The molecule has 0 aromatic carbocycles. The summed E-state index contributed by atoms with van der Waals surface area (Å²) < 4.78 is 5.22. The zero-order valence-electron chi connectivity index (χ0n) is 10.4. The van der Waals surface area contributed by atoms with Gasteiger partial charge in [-0.1, -0.05) is 18.0 Å². The van der Waals surface area contributed by atoms with Crippen LogP contribution in [0.15, 0.2) is 16.8 Å². The average Bonchev–Trinajstić information content (AvgIpc) is 3.16. The molecule has 0 aliphatic heterocycles. The molecule has 2 aromatic heterocycles. The second-order valence-electron chi connectivity index (χ2n) is 4.65. The Bertz CT molecular complexity index is 592. The van der Waals surface area contributed by atoms with E-state index in [1.165, 1.54) is 25.7 Å². The molecule has 98 valence electrons. The van der Waals surface area contributed by atoms with Crippen LogP contribution in [0.25, 0.3) is 11.5 Å². The van der Waals surface area contributed by atoms with Crippen molar-refractivity contribution in [2.75, 3.05) is 0 Å². The molecule has 0 radical (unpaired) electrons. The summed E-state index contributed by atoms with van der Waals surface area (Å²) in [4.78, 5) is 7.21. The molecule has 3 rings (SSSR count). The van der Waals surface area contributed by atoms with Crippen LogP contribution in [-0.4, -0.2) is 20.4 Å². The highest BCUT2D eigenvalue weighted by molar-refractivity contribution is 7.99. The van der Waals surface area contributed by atoms with Crippen LogP contribution in [0.1, 0.15) is 37.2 Å². The highest BCUT2D eigenvalue weighted by Gasteiger charge is 2.17. The number of thioether (sulfide) groups is 1. The van der Waals surface area contributed by atoms with E-state index in [4.69, 9.17) is 9.78 Å². The van der Waals surface area contributed by atoms with Gasteiger partial charge in [0, 0.05) is 11.4 Å². The molecule has 1 saturated carbocycles. The van der Waals surface area contributed by atoms with Crippen LogP contribution in [0.3, 0.4) is 0 Å². The number of hydrogen-bond donors (Lipinski definition) is 1. The van der Waals surface area contributed by atoms with Gasteiger partial charge >= 0.3 is 0 Å². The van der Waals surface area contributed by atoms with Gasteiger partial charge < -0.3 is 9.51 Å². The first-order valence-corrected chi connectivity index (χ1v) is 7.43. The molecule has 0 amide bonds. The van der Waals surface area contributed by atoms with E-state index in [-0.39, 0.29) is 0 Å². The Hall–Kier alpha value is -1.74. The molecule has 1 fully saturated rings. The maximum atomic E-state index is 8.76. The molecule has 0 atom stereocenters. The average molecular weight is 274 g/mol. The van der Waals surface area contributed by atoms with Gasteiger partial charge in [0.05, 0.1) is 11.3 Å². The highest BCUT2D eigenvalue weighted by atomic mass is 32.2. The molecule has 2 aromatic rings. The summed E-state index contributed by atoms with van der Waals surface area (Å²) in [6.45, 7) is 0. The van der Waals surface area contributed by atoms with Crippen LogP contribution in [0.4, 0.5) is 0 Å². The number of aromatic nitrogens is 3. The zero-order valence-corrected chi connectivity index (χ0v) is 11.2. The summed E-state index contributed by atoms with van der Waals surface area (Å²) in [6.07, 6.45) is 7.00. The normalized spacial score (nSPS) is 15.7. The minimum atomic E-state index is 0.472. The molecular weight excluding hydrogens is 260 g/mol. The lowest BCUT2D eigenvalue weighted by atomic mass is 10.3. The van der Waals surface area contributed by atoms with Crippen LogP contribution in [0.5, 0.6) is 0 Å². The zero-order chi connectivity index (χ0) is 13.1. The van der Waals surface area contributed by atoms with Crippen molar-refractivity contribution >= 4 is 11.8 Å². The molecule has 0 bridgehead atoms. The van der Waals surface area contributed by atoms with Crippen molar-refractivity contribution in [2.45, 2.75) is 36.7 Å². The van der Waals surface area contributed by atoms with Crippen LogP contribution in [-0.2, 0) is 5.75 Å². The quantitative estimate of drug-likeness (QED) is 0.926. The molecule has 1 N–H and O–H groups in total. The first kappa shape index (κ1) is 12.3. The standard InChI is InChI=1S/C13H14N4OS/c14-6-10-5-9(7-15-10)13-16-12(17-18-13)8-19-11-3-1-2-4-11/h5,7,11,15H,1-4,8H2. The molecule has 2 heterocycles. The molecule has 0 spiro atoms. The number of aromatic amines is 1. The van der Waals surface area contributed by atoms with E-state index in [0.717, 1.165) is 22.4 Å². The second kappa shape index (κ2) is 5.49. The Morgan fingerprint density at radius 1 is 1.47 bits per heavy atom. The fraction of sp³-hybridized carbons (Fsp3) is 0.462. The van der Waals surface area contributed by atoms with Crippen LogP contribution in [0.2, 0.25) is 0 Å². The number of H-pyrrole nitrogens is 1. The van der Waals surface area contributed by atoms with Crippen LogP contribution >= 0.6 is 11.8 Å². The summed E-state index contributed by atoms with van der Waals surface area (Å²) in [5.41, 5.74) is 1.26. The van der Waals surface area contributed by atoms with Crippen molar-refractivity contribution in [1.82, 2.24) is 15.1 Å². The summed E-state index contributed by atoms with van der Waals surface area (Å²) in [6, 6.07) is 3.75. The summed E-state index contributed by atoms with van der Waals surface area (Å²) >= 11 is 1.91. The smallest absolute Gasteiger partial charge is 0.259 e. The highest BCUT2D eigenvalue weighted by Crippen LogP contribution is 2.31. The fourth-order valence-electron chi connectivity index (χ4n) is 2.26. The van der Waals surface area contributed by atoms with Crippen molar-refractivity contribution in [1.29, 1.82) is 5.26 Å². The Labute approximate surface area is 115 Å². The largest absolute Gasteiger partial charge is 0.352 e. The fourth-order valence-corrected chi connectivity index (χ4v) is 3.43. The van der Waals surface area contributed by atoms with Crippen molar-refractivity contribution in [3.05, 3.63) is 23.8 Å². The topological polar surface area (TPSA) is 78.5 Å². The van der Waals surface area contributed by atoms with Gasteiger partial charge in [-0.25, -0.2) is 0 Å². The SMILES string of the molecule is N#Cc1cc(-c2nc(CSC3CCCC3)no2)c[nH]1. The number of rotatable bonds is 4. The third-order valence-corrected chi connectivity index (χ3v) is 4.64. The first-order chi connectivity index (χ1) is 9.35. The third kappa shape index (κ3) is 2.82. The summed E-state index contributed by atoms with van der Waals surface area (Å²) in [5, 5.41) is 13.5. The number of nitrogens with zero attached hydrogens (tertiary/aromatic N) is 3. The molecular formula is C13H14N4OS. The molecule has 1 aliphatic carbocycles. The van der Waals surface area contributed by atoms with Gasteiger partial charge in [-0.05, 0) is 18.9 Å². The van der Waals surface area contributed by atoms with E-state index < -0.39 is 0 Å². The van der Waals surface area contributed by atoms with Crippen LogP contribution < -0.4 is 0 Å². The Balaban J connectivity index is 1.64. The van der Waals surface area contributed by atoms with Gasteiger partial charge in [-0.15, -0.1) is 0 Å². The second-order valence-corrected chi connectivity index (χ2v) is 5.94. The number of nitriles is 1. The Morgan fingerprint density at radius 3 is 3.05 bits per heavy atom. The lowest BCUT2D eigenvalue weighted by Gasteiger charge is -2.04. The molecule has 5 nitrogen and oxygen atoms in total. The van der Waals surface area contributed by atoms with Crippen LogP contribution in [0, 0.1) is 11.3 Å². The van der Waals surface area contributed by atoms with Gasteiger partial charge in [0.1, 0.15) is 11.8 Å². The lowest BCUT2D eigenvalue weighted by molar-refractivity contribution is 0.425. The maximum Gasteiger partial charge on any atom is 0.259 e. The molecule has 0 unspecified atom stereocenters. The minimum absolute atomic E-state index is 0.472. The predicted molar refractivity (Wildman–Crippen MR) is 72.4 cm³/mol. The number of hydrogen-bond acceptors (Lipinski definition) is 5. The predicted octanol–water partition coefficient (Wildman–Crippen LogP) is 3.11. The number of nitrogens with one attached hydrogen (secondary N) is 1. The van der Waals surface area contributed by atoms with Gasteiger partial charge in [0.25, 0.3) is 5.89 Å². The van der Waals surface area contributed by atoms with E-state index in [1.807, 2.05) is 17.8 Å². The van der Waals surface area contributed by atoms with Crippen molar-refractivity contribution < 1.29 is 4.52 Å². The van der Waals surface area contributed by atoms with E-state index in [2.05, 4.69) is 15.1 Å². The maximum absolute atomic E-state index is 8.76. The Morgan fingerprint density at radius 2 is 2.32 bits per heavy atom. The van der Waals surface area contributed by atoms with Gasteiger partial charge in [0.15, 0.2) is 5.82 Å². The molecule has 1 aliphatic rings. The summed E-state index contributed by atoms with van der Waals surface area (Å²) in [7, 11) is 0. The monoisotopic (exact) mass is 274 g/mol. The van der Waals surface area contributed by atoms with Gasteiger partial charge in [-0.3, -0.25) is 0 Å². The van der Waals surface area contributed by atoms with Crippen molar-refractivity contribution in [3.63, 3.8) is 0 Å². The minimum Gasteiger partial charge on any atom is -0.352 e. The van der Waals surface area contributed by atoms with Crippen molar-refractivity contribution in [3.8, 4) is 17.5 Å². The first-order valence-electron chi connectivity index (χ1n) is 6.38. The van der Waals surface area contributed by atoms with Crippen molar-refractivity contribution in [2.24, 2.45) is 0 Å². The lowest BCUT2D eigenvalue weighted by Crippen LogP contribution is -1.95. The van der Waals surface area contributed by atoms with Gasteiger partial charge in [-0.2, -0.15) is 22.0 Å². The molecule has 0 saturated heterocycles. The molecule has 19 heavy (non-hydrogen) atoms. The molecule has 6 heteroatoms. The Kier molecular flexibility index (Phi) is 3.56. The van der Waals surface area contributed by atoms with E-state index >= 15 is 0 Å². The van der Waals surface area contributed by atoms with E-state index in [9.17, 15) is 0 Å².